The molecule has 3 N–H and O–H groups in total. The van der Waals surface area contributed by atoms with E-state index >= 15 is 0 Å². The van der Waals surface area contributed by atoms with Crippen molar-refractivity contribution in [3.8, 4) is 0 Å². The molecule has 3 aromatic rings. The van der Waals surface area contributed by atoms with Crippen molar-refractivity contribution >= 4 is 33.8 Å². The molecule has 2 atom stereocenters. The number of nitrogens with one attached hydrogen (secondary N) is 1. The van der Waals surface area contributed by atoms with Gasteiger partial charge >= 0.3 is 6.18 Å². The van der Waals surface area contributed by atoms with Gasteiger partial charge in [0.1, 0.15) is 11.1 Å². The molecule has 0 saturated carbocycles. The lowest BCUT2D eigenvalue weighted by Crippen LogP contribution is -2.44. The number of aromatic nitrogens is 2. The van der Waals surface area contributed by atoms with Crippen molar-refractivity contribution in [1.82, 2.24) is 15.3 Å². The molecule has 9 heteroatoms. The van der Waals surface area contributed by atoms with Crippen LogP contribution in [0.15, 0.2) is 22.6 Å². The molecule has 0 amide bonds. The Morgan fingerprint density at radius 2 is 2.12 bits per heavy atom. The minimum absolute atomic E-state index is 0.0575. The Labute approximate surface area is 139 Å². The van der Waals surface area contributed by atoms with Crippen LogP contribution < -0.4 is 16.0 Å². The van der Waals surface area contributed by atoms with Gasteiger partial charge in [0.05, 0.1) is 10.9 Å². The highest BCUT2D eigenvalue weighted by molar-refractivity contribution is 6.08. The zero-order valence-electron chi connectivity index (χ0n) is 13.0. The third-order valence-corrected chi connectivity index (χ3v) is 4.97. The first kappa shape index (κ1) is 14.8. The number of halogens is 3. The average Bonchev–Trinajstić information content (AvgIpc) is 3.26. The van der Waals surface area contributed by atoms with Crippen LogP contribution in [0.3, 0.4) is 0 Å². The molecule has 6 nitrogen and oxygen atoms in total. The van der Waals surface area contributed by atoms with E-state index in [0.29, 0.717) is 11.9 Å². The molecule has 2 aromatic heterocycles. The van der Waals surface area contributed by atoms with E-state index in [1.165, 1.54) is 12.1 Å². The number of nitrogen functional groups attached to an aromatic ring is 1. The Balaban J connectivity index is 1.81. The van der Waals surface area contributed by atoms with Crippen LogP contribution in [0.5, 0.6) is 0 Å². The van der Waals surface area contributed by atoms with Crippen molar-refractivity contribution in [1.29, 1.82) is 0 Å². The van der Waals surface area contributed by atoms with Crippen molar-refractivity contribution in [3.05, 3.63) is 23.8 Å². The first-order valence-electron chi connectivity index (χ1n) is 7.98. The van der Waals surface area contributed by atoms with Crippen molar-refractivity contribution in [3.63, 3.8) is 0 Å². The fourth-order valence-electron chi connectivity index (χ4n) is 3.94. The zero-order valence-corrected chi connectivity index (χ0v) is 13.0. The van der Waals surface area contributed by atoms with Crippen LogP contribution in [-0.4, -0.2) is 35.1 Å². The summed E-state index contributed by atoms with van der Waals surface area (Å²) in [5.41, 5.74) is 5.53. The number of rotatable bonds is 1. The van der Waals surface area contributed by atoms with Crippen molar-refractivity contribution in [2.24, 2.45) is 0 Å². The molecule has 2 fully saturated rings. The number of nitrogens with zero attached hydrogens (tertiary/aromatic N) is 3. The molecule has 1 unspecified atom stereocenters. The predicted octanol–water partition coefficient (Wildman–Crippen LogP) is 2.53. The average molecular weight is 349 g/mol. The fraction of sp³-hybridized carbons (Fsp3) is 0.375. The molecule has 0 spiro atoms. The fourth-order valence-corrected chi connectivity index (χ4v) is 3.94. The Kier molecular flexibility index (Phi) is 2.81. The van der Waals surface area contributed by atoms with Gasteiger partial charge in [0.15, 0.2) is 11.4 Å². The molecule has 5 rings (SSSR count). The SMILES string of the molecule is Nc1nc(N2C[C@H]3CC2CN3)c2oc3cccc(C(F)(F)F)c3c2n1. The lowest BCUT2D eigenvalue weighted by molar-refractivity contribution is -0.136. The number of fused-ring (bicyclic) bond motifs is 5. The van der Waals surface area contributed by atoms with Crippen LogP contribution in [-0.2, 0) is 6.18 Å². The maximum absolute atomic E-state index is 13.4. The summed E-state index contributed by atoms with van der Waals surface area (Å²) in [7, 11) is 0. The number of hydrogen-bond acceptors (Lipinski definition) is 6. The summed E-state index contributed by atoms with van der Waals surface area (Å²) < 4.78 is 46.0. The summed E-state index contributed by atoms with van der Waals surface area (Å²) in [4.78, 5) is 10.4. The van der Waals surface area contributed by atoms with Crippen LogP contribution >= 0.6 is 0 Å². The smallest absolute Gasteiger partial charge is 0.417 e. The lowest BCUT2D eigenvalue weighted by Gasteiger charge is -2.28. The highest BCUT2D eigenvalue weighted by atomic mass is 19.4. The molecule has 2 aliphatic heterocycles. The van der Waals surface area contributed by atoms with Crippen LogP contribution in [0.2, 0.25) is 0 Å². The molecular weight excluding hydrogens is 335 g/mol. The lowest BCUT2D eigenvalue weighted by atomic mass is 10.1. The van der Waals surface area contributed by atoms with Crippen molar-refractivity contribution < 1.29 is 17.6 Å². The quantitative estimate of drug-likeness (QED) is 0.703. The van der Waals surface area contributed by atoms with Crippen LogP contribution in [0.4, 0.5) is 24.9 Å². The minimum atomic E-state index is -4.51. The van der Waals surface area contributed by atoms with Gasteiger partial charge in [0.25, 0.3) is 0 Å². The molecule has 4 heterocycles. The van der Waals surface area contributed by atoms with Gasteiger partial charge in [0.2, 0.25) is 5.95 Å². The second kappa shape index (κ2) is 4.75. The number of piperazine rings is 1. The first-order chi connectivity index (χ1) is 11.9. The molecule has 0 radical (unpaired) electrons. The highest BCUT2D eigenvalue weighted by Gasteiger charge is 2.40. The molecule has 0 aliphatic carbocycles. The van der Waals surface area contributed by atoms with Gasteiger partial charge in [-0.2, -0.15) is 18.2 Å². The number of hydrogen-bond donors (Lipinski definition) is 2. The third-order valence-electron chi connectivity index (χ3n) is 4.97. The van der Waals surface area contributed by atoms with E-state index < -0.39 is 11.7 Å². The summed E-state index contributed by atoms with van der Waals surface area (Å²) >= 11 is 0. The van der Waals surface area contributed by atoms with E-state index in [-0.39, 0.29) is 34.1 Å². The summed E-state index contributed by atoms with van der Waals surface area (Å²) in [6.45, 7) is 1.53. The Morgan fingerprint density at radius 3 is 2.80 bits per heavy atom. The molecule has 2 aliphatic rings. The summed E-state index contributed by atoms with van der Waals surface area (Å²) in [5.74, 6) is 0.415. The molecule has 2 saturated heterocycles. The van der Waals surface area contributed by atoms with E-state index in [4.69, 9.17) is 10.2 Å². The largest absolute Gasteiger partial charge is 0.450 e. The van der Waals surface area contributed by atoms with E-state index in [1.54, 1.807) is 0 Å². The maximum atomic E-state index is 13.4. The standard InChI is InChI=1S/C16H14F3N5O/c17-16(18,19)9-2-1-3-10-11(9)12-13(25-10)14(23-15(20)22-12)24-6-7-4-8(24)5-21-7/h1-3,7-8,21H,4-6H2,(H2,20,22,23)/t7-,8?/m1/s1. The second-order valence-corrected chi connectivity index (χ2v) is 6.51. The van der Waals surface area contributed by atoms with Crippen LogP contribution in [0.25, 0.3) is 22.1 Å². The van der Waals surface area contributed by atoms with Gasteiger partial charge in [-0.25, -0.2) is 4.98 Å². The molecule has 1 aromatic carbocycles. The van der Waals surface area contributed by atoms with E-state index in [1.807, 2.05) is 0 Å². The Bertz CT molecular complexity index is 999. The van der Waals surface area contributed by atoms with Crippen LogP contribution in [0, 0.1) is 0 Å². The van der Waals surface area contributed by atoms with Gasteiger partial charge in [-0.05, 0) is 18.6 Å². The summed E-state index contributed by atoms with van der Waals surface area (Å²) in [6.07, 6.45) is -3.54. The molecule has 2 bridgehead atoms. The minimum Gasteiger partial charge on any atom is -0.450 e. The molecule has 130 valence electrons. The van der Waals surface area contributed by atoms with Crippen LogP contribution in [0.1, 0.15) is 12.0 Å². The Hall–Kier alpha value is -2.55. The van der Waals surface area contributed by atoms with Gasteiger partial charge in [-0.15, -0.1) is 0 Å². The van der Waals surface area contributed by atoms with Gasteiger partial charge in [-0.1, -0.05) is 6.07 Å². The molecular formula is C16H14F3N5O. The highest BCUT2D eigenvalue weighted by Crippen LogP contribution is 2.42. The Morgan fingerprint density at radius 1 is 1.28 bits per heavy atom. The normalized spacial score (nSPS) is 23.2. The summed E-state index contributed by atoms with van der Waals surface area (Å²) in [6, 6.07) is 4.44. The number of benzene rings is 1. The third kappa shape index (κ3) is 2.08. The first-order valence-corrected chi connectivity index (χ1v) is 7.98. The van der Waals surface area contributed by atoms with Crippen molar-refractivity contribution in [2.45, 2.75) is 24.7 Å². The number of anilines is 2. The number of alkyl halides is 3. The van der Waals surface area contributed by atoms with Crippen molar-refractivity contribution in [2.75, 3.05) is 23.7 Å². The molecule has 25 heavy (non-hydrogen) atoms. The van der Waals surface area contributed by atoms with E-state index in [2.05, 4.69) is 20.2 Å². The second-order valence-electron chi connectivity index (χ2n) is 6.51. The van der Waals surface area contributed by atoms with E-state index in [9.17, 15) is 13.2 Å². The number of nitrogens with two attached hydrogens (primary N) is 1. The topological polar surface area (TPSA) is 80.2 Å². The van der Waals surface area contributed by atoms with E-state index in [0.717, 1.165) is 25.6 Å². The van der Waals surface area contributed by atoms with Gasteiger partial charge < -0.3 is 20.4 Å². The van der Waals surface area contributed by atoms with Gasteiger partial charge in [0, 0.05) is 25.2 Å². The summed E-state index contributed by atoms with van der Waals surface area (Å²) in [5, 5.41) is 3.31. The zero-order chi connectivity index (χ0) is 17.3. The number of furan rings is 1. The van der Waals surface area contributed by atoms with Gasteiger partial charge in [-0.3, -0.25) is 0 Å². The predicted molar refractivity (Wildman–Crippen MR) is 86.3 cm³/mol. The monoisotopic (exact) mass is 349 g/mol. The maximum Gasteiger partial charge on any atom is 0.417 e.